The molecule has 2 N–H and O–H groups in total. The zero-order chi connectivity index (χ0) is 14.9. The number of nitrogens with one attached hydrogen (secondary N) is 2. The van der Waals surface area contributed by atoms with Crippen molar-refractivity contribution in [1.29, 1.82) is 5.26 Å². The van der Waals surface area contributed by atoms with E-state index in [1.807, 2.05) is 31.2 Å². The number of nitriles is 1. The van der Waals surface area contributed by atoms with Crippen LogP contribution in [-0.2, 0) is 0 Å². The van der Waals surface area contributed by atoms with Crippen molar-refractivity contribution < 1.29 is 0 Å². The largest absolute Gasteiger partial charge is 0.351 e. The summed E-state index contributed by atoms with van der Waals surface area (Å²) >= 11 is 5.29. The smallest absolute Gasteiger partial charge is 0.171 e. The first-order valence-corrected chi connectivity index (χ1v) is 7.02. The topological polar surface area (TPSA) is 47.8 Å². The number of hydrogen-bond donors (Lipinski definition) is 2. The van der Waals surface area contributed by atoms with Crippen LogP contribution >= 0.6 is 12.2 Å². The Balaban J connectivity index is 2.54. The normalized spacial score (nSPS) is 19.1. The molecule has 0 radical (unpaired) electrons. The van der Waals surface area contributed by atoms with E-state index in [0.717, 1.165) is 11.3 Å². The Labute approximate surface area is 125 Å². The molecule has 4 heteroatoms. The summed E-state index contributed by atoms with van der Waals surface area (Å²) in [6.45, 7) is 8.28. The van der Waals surface area contributed by atoms with Gasteiger partial charge in [-0.15, -0.1) is 0 Å². The van der Waals surface area contributed by atoms with E-state index in [2.05, 4.69) is 37.5 Å². The summed E-state index contributed by atoms with van der Waals surface area (Å²) in [5, 5.41) is 16.5. The molecule has 0 unspecified atom stereocenters. The monoisotopic (exact) mass is 285 g/mol. The number of nitrogens with zero attached hydrogens (tertiary/aromatic N) is 1. The van der Waals surface area contributed by atoms with Gasteiger partial charge in [0.25, 0.3) is 0 Å². The van der Waals surface area contributed by atoms with E-state index >= 15 is 0 Å². The molecule has 104 valence electrons. The minimum atomic E-state index is -0.177. The van der Waals surface area contributed by atoms with E-state index in [4.69, 9.17) is 12.2 Å². The fourth-order valence-electron chi connectivity index (χ4n) is 2.29. The van der Waals surface area contributed by atoms with Crippen LogP contribution in [0, 0.1) is 23.7 Å². The summed E-state index contributed by atoms with van der Waals surface area (Å²) in [5.41, 5.74) is 3.70. The van der Waals surface area contributed by atoms with Crippen LogP contribution in [0.15, 0.2) is 35.5 Å². The number of thiocarbonyl (C=S) groups is 1. The number of aryl methyl sites for hydroxylation is 1. The average molecular weight is 285 g/mol. The van der Waals surface area contributed by atoms with Crippen molar-refractivity contribution in [3.8, 4) is 6.07 Å². The van der Waals surface area contributed by atoms with Gasteiger partial charge in [0.1, 0.15) is 0 Å². The highest BCUT2D eigenvalue weighted by atomic mass is 32.1. The van der Waals surface area contributed by atoms with E-state index in [9.17, 15) is 5.26 Å². The molecule has 0 saturated heterocycles. The van der Waals surface area contributed by atoms with Gasteiger partial charge in [0.15, 0.2) is 5.11 Å². The molecule has 2 rings (SSSR count). The Morgan fingerprint density at radius 1 is 1.20 bits per heavy atom. The highest BCUT2D eigenvalue weighted by Gasteiger charge is 2.32. The number of rotatable bonds is 1. The lowest BCUT2D eigenvalue weighted by atomic mass is 9.84. The number of allylic oxidation sites excluding steroid dienone is 1. The highest BCUT2D eigenvalue weighted by molar-refractivity contribution is 7.80. The second kappa shape index (κ2) is 5.26. The van der Waals surface area contributed by atoms with E-state index in [1.54, 1.807) is 0 Å². The lowest BCUT2D eigenvalue weighted by Crippen LogP contribution is -2.46. The molecular weight excluding hydrogens is 266 g/mol. The van der Waals surface area contributed by atoms with Crippen LogP contribution in [-0.4, -0.2) is 5.11 Å². The van der Waals surface area contributed by atoms with E-state index in [1.165, 1.54) is 5.56 Å². The average Bonchev–Trinajstić information content (AvgIpc) is 2.37. The standard InChI is InChI=1S/C16H19N3S/c1-10-5-7-11(8-6-10)13-12(9-17)14(16(2,3)4)19-15(20)18-13/h5-8,13H,1-4H3,(H2,18,19,20)/t13-/m1/s1. The summed E-state index contributed by atoms with van der Waals surface area (Å²) in [5.74, 6) is 0. The highest BCUT2D eigenvalue weighted by Crippen LogP contribution is 2.34. The third kappa shape index (κ3) is 2.83. The SMILES string of the molecule is Cc1ccc([C@H]2NC(=S)NC(C(C)(C)C)=C2C#N)cc1. The van der Waals surface area contributed by atoms with Gasteiger partial charge < -0.3 is 10.6 Å². The van der Waals surface area contributed by atoms with Gasteiger partial charge in [-0.25, -0.2) is 0 Å². The minimum Gasteiger partial charge on any atom is -0.351 e. The minimum absolute atomic E-state index is 0.153. The second-order valence-electron chi connectivity index (χ2n) is 6.09. The molecule has 0 saturated carbocycles. The van der Waals surface area contributed by atoms with Gasteiger partial charge in [-0.1, -0.05) is 50.6 Å². The van der Waals surface area contributed by atoms with E-state index in [-0.39, 0.29) is 11.5 Å². The second-order valence-corrected chi connectivity index (χ2v) is 6.50. The molecule has 1 aromatic rings. The predicted molar refractivity (Wildman–Crippen MR) is 84.9 cm³/mol. The van der Waals surface area contributed by atoms with Crippen LogP contribution in [0.5, 0.6) is 0 Å². The molecule has 1 aromatic carbocycles. The molecule has 0 spiro atoms. The van der Waals surface area contributed by atoms with Crippen molar-refractivity contribution in [1.82, 2.24) is 10.6 Å². The molecule has 20 heavy (non-hydrogen) atoms. The molecule has 1 aliphatic heterocycles. The molecule has 1 aliphatic rings. The van der Waals surface area contributed by atoms with Crippen LogP contribution in [0.2, 0.25) is 0 Å². The summed E-state index contributed by atoms with van der Waals surface area (Å²) in [7, 11) is 0. The van der Waals surface area contributed by atoms with Crippen molar-refractivity contribution in [3.05, 3.63) is 46.7 Å². The summed E-state index contributed by atoms with van der Waals surface area (Å²) < 4.78 is 0. The van der Waals surface area contributed by atoms with Gasteiger partial charge in [-0.05, 0) is 24.7 Å². The van der Waals surface area contributed by atoms with Crippen molar-refractivity contribution in [2.45, 2.75) is 33.7 Å². The van der Waals surface area contributed by atoms with Gasteiger partial charge in [-0.2, -0.15) is 5.26 Å². The van der Waals surface area contributed by atoms with Crippen molar-refractivity contribution in [3.63, 3.8) is 0 Å². The quantitative estimate of drug-likeness (QED) is 0.777. The first-order chi connectivity index (χ1) is 9.32. The van der Waals surface area contributed by atoms with Crippen LogP contribution in [0.4, 0.5) is 0 Å². The fraction of sp³-hybridized carbons (Fsp3) is 0.375. The molecule has 0 aliphatic carbocycles. The van der Waals surface area contributed by atoms with Crippen LogP contribution < -0.4 is 10.6 Å². The maximum absolute atomic E-state index is 9.57. The Morgan fingerprint density at radius 2 is 1.80 bits per heavy atom. The van der Waals surface area contributed by atoms with Crippen LogP contribution in [0.1, 0.15) is 37.9 Å². The predicted octanol–water partition coefficient (Wildman–Crippen LogP) is 3.34. The van der Waals surface area contributed by atoms with Gasteiger partial charge in [0.05, 0.1) is 17.7 Å². The first-order valence-electron chi connectivity index (χ1n) is 6.62. The van der Waals surface area contributed by atoms with Gasteiger partial charge in [-0.3, -0.25) is 0 Å². The lowest BCUT2D eigenvalue weighted by Gasteiger charge is -2.34. The Bertz CT molecular complexity index is 600. The molecule has 0 fully saturated rings. The first kappa shape index (κ1) is 14.5. The molecule has 0 bridgehead atoms. The number of hydrogen-bond acceptors (Lipinski definition) is 2. The molecule has 3 nitrogen and oxygen atoms in total. The Morgan fingerprint density at radius 3 is 2.30 bits per heavy atom. The van der Waals surface area contributed by atoms with E-state index < -0.39 is 0 Å². The maximum Gasteiger partial charge on any atom is 0.171 e. The van der Waals surface area contributed by atoms with Gasteiger partial charge >= 0.3 is 0 Å². The molecule has 0 amide bonds. The van der Waals surface area contributed by atoms with Crippen LogP contribution in [0.3, 0.4) is 0 Å². The van der Waals surface area contributed by atoms with E-state index in [0.29, 0.717) is 10.7 Å². The molecular formula is C16H19N3S. The summed E-state index contributed by atoms with van der Waals surface area (Å²) in [6, 6.07) is 10.3. The van der Waals surface area contributed by atoms with Gasteiger partial charge in [0.2, 0.25) is 0 Å². The Hall–Kier alpha value is -1.86. The zero-order valence-corrected chi connectivity index (χ0v) is 13.1. The molecule has 1 atom stereocenters. The molecule has 0 aromatic heterocycles. The maximum atomic E-state index is 9.57. The van der Waals surface area contributed by atoms with Crippen LogP contribution in [0.25, 0.3) is 0 Å². The summed E-state index contributed by atoms with van der Waals surface area (Å²) in [4.78, 5) is 0. The zero-order valence-electron chi connectivity index (χ0n) is 12.2. The van der Waals surface area contributed by atoms with Crippen molar-refractivity contribution in [2.75, 3.05) is 0 Å². The fourth-order valence-corrected chi connectivity index (χ4v) is 2.51. The third-order valence-corrected chi connectivity index (χ3v) is 3.57. The lowest BCUT2D eigenvalue weighted by molar-refractivity contribution is 0.462. The van der Waals surface area contributed by atoms with Gasteiger partial charge in [0, 0.05) is 11.1 Å². The van der Waals surface area contributed by atoms with Crippen molar-refractivity contribution >= 4 is 17.3 Å². The Kier molecular flexibility index (Phi) is 3.82. The molecule has 1 heterocycles. The van der Waals surface area contributed by atoms with Crippen molar-refractivity contribution in [2.24, 2.45) is 5.41 Å². The third-order valence-electron chi connectivity index (χ3n) is 3.35. The number of benzene rings is 1. The summed E-state index contributed by atoms with van der Waals surface area (Å²) in [6.07, 6.45) is 0.